The topological polar surface area (TPSA) is 115 Å². The second kappa shape index (κ2) is 11.0. The molecule has 176 valence electrons. The van der Waals surface area contributed by atoms with Crippen LogP contribution in [-0.4, -0.2) is 23.6 Å². The van der Waals surface area contributed by atoms with E-state index in [0.29, 0.717) is 16.8 Å². The van der Waals surface area contributed by atoms with Gasteiger partial charge in [0.25, 0.3) is 5.91 Å². The monoisotopic (exact) mass is 466 g/mol. The van der Waals surface area contributed by atoms with Crippen LogP contribution in [0.1, 0.15) is 37.5 Å². The van der Waals surface area contributed by atoms with Crippen molar-refractivity contribution in [3.8, 4) is 23.3 Å². The van der Waals surface area contributed by atoms with Crippen LogP contribution in [0.2, 0.25) is 0 Å². The maximum absolute atomic E-state index is 13.0. The minimum atomic E-state index is -0.830. The van der Waals surface area contributed by atoms with Gasteiger partial charge in [0.2, 0.25) is 0 Å². The molecule has 0 aliphatic heterocycles. The molecule has 0 saturated carbocycles. The first kappa shape index (κ1) is 25.0. The predicted molar refractivity (Wildman–Crippen MR) is 133 cm³/mol. The van der Waals surface area contributed by atoms with E-state index in [-0.39, 0.29) is 6.42 Å². The summed E-state index contributed by atoms with van der Waals surface area (Å²) in [5.74, 6) is -0.555. The molecule has 0 bridgehead atoms. The Kier molecular flexibility index (Phi) is 7.86. The van der Waals surface area contributed by atoms with Crippen LogP contribution in [0.4, 0.5) is 10.5 Å². The summed E-state index contributed by atoms with van der Waals surface area (Å²) < 4.78 is 5.21. The number of benzene rings is 3. The van der Waals surface area contributed by atoms with Gasteiger partial charge in [-0.05, 0) is 67.8 Å². The number of amides is 2. The number of hydrogen-bond acceptors (Lipinski definition) is 6. The number of nitriles is 2. The number of nitrogens with one attached hydrogen (secondary N) is 2. The molecule has 0 aliphatic rings. The van der Waals surface area contributed by atoms with Gasteiger partial charge in [-0.2, -0.15) is 10.5 Å². The molecule has 2 N–H and O–H groups in total. The van der Waals surface area contributed by atoms with Gasteiger partial charge < -0.3 is 10.1 Å². The van der Waals surface area contributed by atoms with Gasteiger partial charge in [-0.3, -0.25) is 10.1 Å². The summed E-state index contributed by atoms with van der Waals surface area (Å²) in [7, 11) is 0. The standard InChI is InChI=1S/C28H26N4O3/c1-28(2,3)35-27(34)32-26(33)25(16-19-7-6-8-20(15-19)17-29)31-23-13-11-21(12-14-23)24-10-5-4-9-22(24)18-30/h4-15,25,31H,16H2,1-3H3,(H,32,33,34)/t25-/m0/s1. The lowest BCUT2D eigenvalue weighted by Crippen LogP contribution is -2.45. The molecular formula is C28H26N4O3. The number of hydrogen-bond donors (Lipinski definition) is 2. The summed E-state index contributed by atoms with van der Waals surface area (Å²) in [5, 5.41) is 24.0. The van der Waals surface area contributed by atoms with Crippen LogP contribution < -0.4 is 10.6 Å². The molecule has 0 spiro atoms. The lowest BCUT2D eigenvalue weighted by atomic mass is 9.99. The van der Waals surface area contributed by atoms with Crippen molar-refractivity contribution in [1.29, 1.82) is 10.5 Å². The predicted octanol–water partition coefficient (Wildman–Crippen LogP) is 5.17. The summed E-state index contributed by atoms with van der Waals surface area (Å²) in [4.78, 5) is 25.2. The zero-order valence-corrected chi connectivity index (χ0v) is 19.8. The summed E-state index contributed by atoms with van der Waals surface area (Å²) in [6.45, 7) is 5.14. The van der Waals surface area contributed by atoms with Crippen molar-refractivity contribution in [1.82, 2.24) is 5.32 Å². The van der Waals surface area contributed by atoms with Crippen LogP contribution in [-0.2, 0) is 16.0 Å². The van der Waals surface area contributed by atoms with E-state index in [1.54, 1.807) is 45.0 Å². The fourth-order valence-corrected chi connectivity index (χ4v) is 3.48. The molecular weight excluding hydrogens is 440 g/mol. The lowest BCUT2D eigenvalue weighted by Gasteiger charge is -2.22. The molecule has 3 aromatic carbocycles. The molecule has 0 saturated heterocycles. The third-order valence-electron chi connectivity index (χ3n) is 5.02. The Labute approximate surface area is 205 Å². The Morgan fingerprint density at radius 3 is 2.31 bits per heavy atom. The summed E-state index contributed by atoms with van der Waals surface area (Å²) in [5.41, 5.74) is 3.40. The molecule has 3 aromatic rings. The fourth-order valence-electron chi connectivity index (χ4n) is 3.48. The van der Waals surface area contributed by atoms with Crippen molar-refractivity contribution in [3.05, 3.63) is 89.5 Å². The van der Waals surface area contributed by atoms with Crippen LogP contribution in [0, 0.1) is 22.7 Å². The number of anilines is 1. The van der Waals surface area contributed by atoms with Crippen LogP contribution in [0.15, 0.2) is 72.8 Å². The number of ether oxygens (including phenoxy) is 1. The number of carbonyl (C=O) groups is 2. The average Bonchev–Trinajstić information content (AvgIpc) is 2.83. The van der Waals surface area contributed by atoms with Crippen molar-refractivity contribution < 1.29 is 14.3 Å². The maximum Gasteiger partial charge on any atom is 0.414 e. The molecule has 0 radical (unpaired) electrons. The fraction of sp³-hybridized carbons (Fsp3) is 0.214. The van der Waals surface area contributed by atoms with Crippen LogP contribution in [0.25, 0.3) is 11.1 Å². The molecule has 0 aliphatic carbocycles. The SMILES string of the molecule is CC(C)(C)OC(=O)NC(=O)[C@H](Cc1cccc(C#N)c1)Nc1ccc(-c2ccccc2C#N)cc1. The molecule has 7 heteroatoms. The van der Waals surface area contributed by atoms with Gasteiger partial charge in [-0.1, -0.05) is 42.5 Å². The highest BCUT2D eigenvalue weighted by atomic mass is 16.6. The van der Waals surface area contributed by atoms with E-state index >= 15 is 0 Å². The number of imide groups is 1. The second-order valence-corrected chi connectivity index (χ2v) is 8.94. The van der Waals surface area contributed by atoms with E-state index in [1.165, 1.54) is 0 Å². The number of rotatable bonds is 6. The highest BCUT2D eigenvalue weighted by Crippen LogP contribution is 2.25. The van der Waals surface area contributed by atoms with Crippen molar-refractivity contribution in [3.63, 3.8) is 0 Å². The zero-order valence-electron chi connectivity index (χ0n) is 19.8. The molecule has 7 nitrogen and oxygen atoms in total. The quantitative estimate of drug-likeness (QED) is 0.518. The first-order valence-corrected chi connectivity index (χ1v) is 11.1. The van der Waals surface area contributed by atoms with Crippen LogP contribution >= 0.6 is 0 Å². The number of alkyl carbamates (subject to hydrolysis) is 1. The molecule has 0 heterocycles. The highest BCUT2D eigenvalue weighted by molar-refractivity contribution is 5.96. The van der Waals surface area contributed by atoms with Crippen molar-refractivity contribution in [2.45, 2.75) is 38.8 Å². The van der Waals surface area contributed by atoms with Gasteiger partial charge >= 0.3 is 6.09 Å². The molecule has 35 heavy (non-hydrogen) atoms. The third-order valence-corrected chi connectivity index (χ3v) is 5.02. The Hall–Kier alpha value is -4.62. The van der Waals surface area contributed by atoms with Gasteiger partial charge in [0.05, 0.1) is 23.3 Å². The first-order chi connectivity index (χ1) is 16.7. The Bertz CT molecular complexity index is 1300. The molecule has 0 fully saturated rings. The summed E-state index contributed by atoms with van der Waals surface area (Å²) in [6, 6.07) is 25.1. The van der Waals surface area contributed by atoms with Crippen LogP contribution in [0.5, 0.6) is 0 Å². The van der Waals surface area contributed by atoms with Gasteiger partial charge in [-0.15, -0.1) is 0 Å². The molecule has 2 amide bonds. The van der Waals surface area contributed by atoms with Gasteiger partial charge in [0.15, 0.2) is 0 Å². The van der Waals surface area contributed by atoms with Gasteiger partial charge in [0.1, 0.15) is 11.6 Å². The molecule has 0 aromatic heterocycles. The zero-order chi connectivity index (χ0) is 25.4. The summed E-state index contributed by atoms with van der Waals surface area (Å²) >= 11 is 0. The van der Waals surface area contributed by atoms with Crippen molar-refractivity contribution >= 4 is 17.7 Å². The number of carbonyl (C=O) groups excluding carboxylic acids is 2. The largest absolute Gasteiger partial charge is 0.444 e. The van der Waals surface area contributed by atoms with Crippen LogP contribution in [0.3, 0.4) is 0 Å². The lowest BCUT2D eigenvalue weighted by molar-refractivity contribution is -0.121. The van der Waals surface area contributed by atoms with E-state index < -0.39 is 23.6 Å². The third kappa shape index (κ3) is 7.18. The van der Waals surface area contributed by atoms with Gasteiger partial charge in [0, 0.05) is 12.1 Å². The molecule has 0 unspecified atom stereocenters. The minimum Gasteiger partial charge on any atom is -0.444 e. The second-order valence-electron chi connectivity index (χ2n) is 8.94. The van der Waals surface area contributed by atoms with Gasteiger partial charge in [-0.25, -0.2) is 4.79 Å². The highest BCUT2D eigenvalue weighted by Gasteiger charge is 2.24. The Balaban J connectivity index is 1.83. The number of nitrogens with zero attached hydrogens (tertiary/aromatic N) is 2. The molecule has 3 rings (SSSR count). The molecule has 1 atom stereocenters. The van der Waals surface area contributed by atoms with Crippen molar-refractivity contribution in [2.75, 3.05) is 5.32 Å². The van der Waals surface area contributed by atoms with E-state index in [9.17, 15) is 20.1 Å². The van der Waals surface area contributed by atoms with E-state index in [1.807, 2.05) is 48.5 Å². The maximum atomic E-state index is 13.0. The van der Waals surface area contributed by atoms with E-state index in [2.05, 4.69) is 22.8 Å². The summed E-state index contributed by atoms with van der Waals surface area (Å²) in [6.07, 6.45) is -0.591. The Morgan fingerprint density at radius 2 is 1.66 bits per heavy atom. The average molecular weight is 467 g/mol. The Morgan fingerprint density at radius 1 is 0.943 bits per heavy atom. The normalized spacial score (nSPS) is 11.5. The van der Waals surface area contributed by atoms with Crippen molar-refractivity contribution in [2.24, 2.45) is 0 Å². The smallest absolute Gasteiger partial charge is 0.414 e. The van der Waals surface area contributed by atoms with E-state index in [0.717, 1.165) is 16.7 Å². The minimum absolute atomic E-state index is 0.239. The van der Waals surface area contributed by atoms with E-state index in [4.69, 9.17) is 4.74 Å². The first-order valence-electron chi connectivity index (χ1n) is 11.1.